The number of aliphatic hydroxyl groups excluding tert-OH is 2. The van der Waals surface area contributed by atoms with E-state index in [0.29, 0.717) is 11.3 Å². The van der Waals surface area contributed by atoms with Gasteiger partial charge in [-0.1, -0.05) is 15.9 Å². The van der Waals surface area contributed by atoms with Gasteiger partial charge in [-0.25, -0.2) is 0 Å². The molecule has 17 heavy (non-hydrogen) atoms. The van der Waals surface area contributed by atoms with E-state index >= 15 is 0 Å². The van der Waals surface area contributed by atoms with Crippen LogP contribution in [0.1, 0.15) is 18.1 Å². The third kappa shape index (κ3) is 3.69. The highest BCUT2D eigenvalue weighted by atomic mass is 79.9. The Morgan fingerprint density at radius 1 is 1.53 bits per heavy atom. The number of aliphatic hydroxyl groups is 2. The number of rotatable bonds is 4. The first-order valence-corrected chi connectivity index (χ1v) is 5.73. The zero-order valence-corrected chi connectivity index (χ0v) is 10.8. The van der Waals surface area contributed by atoms with Gasteiger partial charge in [0.25, 0.3) is 0 Å². The number of nitrogens with two attached hydrogens (primary N) is 1. The van der Waals surface area contributed by atoms with Crippen molar-refractivity contribution < 1.29 is 19.7 Å². The lowest BCUT2D eigenvalue weighted by Gasteiger charge is -2.19. The average molecular weight is 304 g/mol. The molecule has 5 nitrogen and oxygen atoms in total. The summed E-state index contributed by atoms with van der Waals surface area (Å²) < 4.78 is 5.14. The molecule has 0 aliphatic rings. The standard InChI is InChI=1S/C11H14BrNO4/c1-17-10(15)5-9(14)11(16)7-4-6(12)2-3-8(7)13/h2-4,9,11,14,16H,5,13H2,1H3. The van der Waals surface area contributed by atoms with Gasteiger partial charge in [0.2, 0.25) is 0 Å². The molecule has 1 aromatic rings. The van der Waals surface area contributed by atoms with Crippen molar-refractivity contribution in [3.8, 4) is 0 Å². The van der Waals surface area contributed by atoms with Gasteiger partial charge < -0.3 is 20.7 Å². The van der Waals surface area contributed by atoms with Gasteiger partial charge in [0.05, 0.1) is 19.6 Å². The number of ether oxygens (including phenoxy) is 1. The van der Waals surface area contributed by atoms with Gasteiger partial charge in [0.1, 0.15) is 6.10 Å². The van der Waals surface area contributed by atoms with Crippen molar-refractivity contribution in [1.82, 2.24) is 0 Å². The molecule has 4 N–H and O–H groups in total. The third-order valence-electron chi connectivity index (χ3n) is 2.34. The van der Waals surface area contributed by atoms with Crippen LogP contribution in [0.3, 0.4) is 0 Å². The van der Waals surface area contributed by atoms with Crippen molar-refractivity contribution in [3.05, 3.63) is 28.2 Å². The predicted octanol–water partition coefficient (Wildman–Crippen LogP) is 0.989. The van der Waals surface area contributed by atoms with Crippen LogP contribution in [0.25, 0.3) is 0 Å². The zero-order chi connectivity index (χ0) is 13.0. The maximum Gasteiger partial charge on any atom is 0.308 e. The van der Waals surface area contributed by atoms with Gasteiger partial charge >= 0.3 is 5.97 Å². The number of hydrogen-bond donors (Lipinski definition) is 3. The van der Waals surface area contributed by atoms with E-state index in [1.165, 1.54) is 7.11 Å². The van der Waals surface area contributed by atoms with Crippen LogP contribution in [-0.4, -0.2) is 29.4 Å². The topological polar surface area (TPSA) is 92.8 Å². The molecule has 0 fully saturated rings. The summed E-state index contributed by atoms with van der Waals surface area (Å²) in [7, 11) is 1.22. The van der Waals surface area contributed by atoms with E-state index in [1.54, 1.807) is 18.2 Å². The monoisotopic (exact) mass is 303 g/mol. The largest absolute Gasteiger partial charge is 0.469 e. The van der Waals surface area contributed by atoms with Gasteiger partial charge in [-0.3, -0.25) is 4.79 Å². The molecule has 0 aliphatic carbocycles. The van der Waals surface area contributed by atoms with E-state index < -0.39 is 18.2 Å². The molecule has 6 heteroatoms. The Morgan fingerprint density at radius 2 is 2.18 bits per heavy atom. The number of halogens is 1. The number of methoxy groups -OCH3 is 1. The third-order valence-corrected chi connectivity index (χ3v) is 2.83. The first-order valence-electron chi connectivity index (χ1n) is 4.93. The molecule has 1 rings (SSSR count). The quantitative estimate of drug-likeness (QED) is 0.570. The number of carbonyl (C=O) groups is 1. The Morgan fingerprint density at radius 3 is 2.76 bits per heavy atom. The van der Waals surface area contributed by atoms with Gasteiger partial charge in [-0.15, -0.1) is 0 Å². The molecule has 0 aromatic heterocycles. The maximum atomic E-state index is 11.0. The van der Waals surface area contributed by atoms with Crippen LogP contribution in [0.15, 0.2) is 22.7 Å². The Labute approximate surface area is 107 Å². The van der Waals surface area contributed by atoms with Crippen LogP contribution >= 0.6 is 15.9 Å². The van der Waals surface area contributed by atoms with E-state index in [4.69, 9.17) is 5.73 Å². The van der Waals surface area contributed by atoms with E-state index in [9.17, 15) is 15.0 Å². The van der Waals surface area contributed by atoms with Gasteiger partial charge in [-0.05, 0) is 18.2 Å². The van der Waals surface area contributed by atoms with Crippen LogP contribution < -0.4 is 5.73 Å². The molecule has 94 valence electrons. The Kier molecular flexibility index (Phi) is 4.92. The number of carbonyl (C=O) groups excluding carboxylic acids is 1. The molecule has 0 amide bonds. The fourth-order valence-electron chi connectivity index (χ4n) is 1.37. The first-order chi connectivity index (χ1) is 7.95. The Bertz CT molecular complexity index is 410. The molecule has 0 spiro atoms. The van der Waals surface area contributed by atoms with Gasteiger partial charge in [-0.2, -0.15) is 0 Å². The summed E-state index contributed by atoms with van der Waals surface area (Å²) in [5.74, 6) is -0.592. The van der Waals surface area contributed by atoms with Crippen molar-refractivity contribution in [3.63, 3.8) is 0 Å². The molecule has 0 bridgehead atoms. The number of esters is 1. The molecule has 0 saturated carbocycles. The summed E-state index contributed by atoms with van der Waals surface area (Å²) in [6, 6.07) is 4.92. The lowest BCUT2D eigenvalue weighted by molar-refractivity contribution is -0.144. The fourth-order valence-corrected chi connectivity index (χ4v) is 1.75. The second-order valence-corrected chi connectivity index (χ2v) is 4.48. The Hall–Kier alpha value is -1.11. The Balaban J connectivity index is 2.84. The van der Waals surface area contributed by atoms with E-state index in [-0.39, 0.29) is 6.42 Å². The SMILES string of the molecule is COC(=O)CC(O)C(O)c1cc(Br)ccc1N. The van der Waals surface area contributed by atoms with Crippen molar-refractivity contribution in [2.75, 3.05) is 12.8 Å². The highest BCUT2D eigenvalue weighted by Crippen LogP contribution is 2.27. The smallest absolute Gasteiger partial charge is 0.308 e. The van der Waals surface area contributed by atoms with Gasteiger partial charge in [0, 0.05) is 15.7 Å². The molecule has 2 unspecified atom stereocenters. The molecule has 0 aliphatic heterocycles. The number of hydrogen-bond acceptors (Lipinski definition) is 5. The van der Waals surface area contributed by atoms with Crippen molar-refractivity contribution in [2.45, 2.75) is 18.6 Å². The fraction of sp³-hybridized carbons (Fsp3) is 0.364. The zero-order valence-electron chi connectivity index (χ0n) is 9.26. The van der Waals surface area contributed by atoms with Crippen LogP contribution in [0.2, 0.25) is 0 Å². The van der Waals surface area contributed by atoms with Crippen LogP contribution in [0, 0.1) is 0 Å². The van der Waals surface area contributed by atoms with Gasteiger partial charge in [0.15, 0.2) is 0 Å². The van der Waals surface area contributed by atoms with E-state index in [2.05, 4.69) is 20.7 Å². The molecule has 0 saturated heterocycles. The van der Waals surface area contributed by atoms with Crippen LogP contribution in [0.5, 0.6) is 0 Å². The van der Waals surface area contributed by atoms with E-state index in [1.807, 2.05) is 0 Å². The lowest BCUT2D eigenvalue weighted by atomic mass is 10.0. The number of anilines is 1. The summed E-state index contributed by atoms with van der Waals surface area (Å²) in [5.41, 5.74) is 6.41. The minimum absolute atomic E-state index is 0.288. The average Bonchev–Trinajstić information content (AvgIpc) is 2.31. The summed E-state index contributed by atoms with van der Waals surface area (Å²) in [6.07, 6.45) is -2.77. The summed E-state index contributed by atoms with van der Waals surface area (Å²) >= 11 is 3.24. The second kappa shape index (κ2) is 6.00. The van der Waals surface area contributed by atoms with Crippen molar-refractivity contribution >= 4 is 27.6 Å². The molecular weight excluding hydrogens is 290 g/mol. The lowest BCUT2D eigenvalue weighted by Crippen LogP contribution is -2.23. The predicted molar refractivity (Wildman–Crippen MR) is 66.2 cm³/mol. The molecule has 1 aromatic carbocycles. The molecule has 2 atom stereocenters. The highest BCUT2D eigenvalue weighted by molar-refractivity contribution is 9.10. The maximum absolute atomic E-state index is 11.0. The molecular formula is C11H14BrNO4. The number of nitrogen functional groups attached to an aromatic ring is 1. The molecule has 0 radical (unpaired) electrons. The normalized spacial score (nSPS) is 14.1. The minimum Gasteiger partial charge on any atom is -0.469 e. The van der Waals surface area contributed by atoms with Crippen molar-refractivity contribution in [1.29, 1.82) is 0 Å². The van der Waals surface area contributed by atoms with Crippen LogP contribution in [0.4, 0.5) is 5.69 Å². The van der Waals surface area contributed by atoms with Crippen molar-refractivity contribution in [2.24, 2.45) is 0 Å². The number of benzene rings is 1. The summed E-state index contributed by atoms with van der Waals surface area (Å²) in [5, 5.41) is 19.5. The minimum atomic E-state index is -1.25. The van der Waals surface area contributed by atoms with Crippen LogP contribution in [-0.2, 0) is 9.53 Å². The summed E-state index contributed by atoms with van der Waals surface area (Å²) in [4.78, 5) is 11.0. The summed E-state index contributed by atoms with van der Waals surface area (Å²) in [6.45, 7) is 0. The molecule has 0 heterocycles. The first kappa shape index (κ1) is 14.0. The highest BCUT2D eigenvalue weighted by Gasteiger charge is 2.23. The van der Waals surface area contributed by atoms with E-state index in [0.717, 1.165) is 4.47 Å². The second-order valence-electron chi connectivity index (χ2n) is 3.57.